The molecule has 0 bridgehead atoms. The zero-order valence-electron chi connectivity index (χ0n) is 13.1. The van der Waals surface area contributed by atoms with Gasteiger partial charge in [0.25, 0.3) is 0 Å². The Morgan fingerprint density at radius 2 is 1.84 bits per heavy atom. The van der Waals surface area contributed by atoms with Crippen LogP contribution in [0.2, 0.25) is 0 Å². The third-order valence-corrected chi connectivity index (χ3v) is 4.33. The number of likely N-dealkylation sites (N-methyl/N-ethyl adjacent to an activating group) is 1. The van der Waals surface area contributed by atoms with Gasteiger partial charge in [0.15, 0.2) is 0 Å². The summed E-state index contributed by atoms with van der Waals surface area (Å²) in [6, 6.07) is 8.65. The van der Waals surface area contributed by atoms with Gasteiger partial charge in [0.2, 0.25) is 0 Å². The molecule has 1 unspecified atom stereocenters. The second-order valence-corrected chi connectivity index (χ2v) is 5.42. The van der Waals surface area contributed by atoms with E-state index in [0.717, 1.165) is 19.5 Å². The Hall–Kier alpha value is -1.02. The molecule has 0 aromatic heterocycles. The Morgan fingerprint density at radius 3 is 2.32 bits per heavy atom. The lowest BCUT2D eigenvalue weighted by molar-refractivity contribution is 0.347. The third-order valence-electron chi connectivity index (χ3n) is 4.33. The van der Waals surface area contributed by atoms with Crippen LogP contribution in [0.25, 0.3) is 0 Å². The van der Waals surface area contributed by atoms with E-state index in [1.54, 1.807) is 0 Å². The standard InChI is InChI=1S/C17H30N2/c1-5-8-13-17(6-2,14-18)19(7-3)16-12-10-9-11-15(16)4/h9-12H,5-8,13-14,18H2,1-4H3. The van der Waals surface area contributed by atoms with E-state index < -0.39 is 0 Å². The molecule has 1 atom stereocenters. The molecule has 2 N–H and O–H groups in total. The summed E-state index contributed by atoms with van der Waals surface area (Å²) >= 11 is 0. The van der Waals surface area contributed by atoms with E-state index in [9.17, 15) is 0 Å². The summed E-state index contributed by atoms with van der Waals surface area (Å²) in [5.41, 5.74) is 8.97. The van der Waals surface area contributed by atoms with E-state index in [4.69, 9.17) is 5.73 Å². The summed E-state index contributed by atoms with van der Waals surface area (Å²) < 4.78 is 0. The number of rotatable bonds is 8. The van der Waals surface area contributed by atoms with Crippen molar-refractivity contribution in [2.45, 2.75) is 58.9 Å². The minimum atomic E-state index is 0.108. The van der Waals surface area contributed by atoms with Crippen LogP contribution in [0.4, 0.5) is 5.69 Å². The highest BCUT2D eigenvalue weighted by molar-refractivity contribution is 5.55. The number of unbranched alkanes of at least 4 members (excludes halogenated alkanes) is 1. The lowest BCUT2D eigenvalue weighted by Gasteiger charge is -2.45. The monoisotopic (exact) mass is 262 g/mol. The van der Waals surface area contributed by atoms with Gasteiger partial charge < -0.3 is 10.6 Å². The van der Waals surface area contributed by atoms with Crippen molar-refractivity contribution in [1.29, 1.82) is 0 Å². The predicted molar refractivity (Wildman–Crippen MR) is 85.8 cm³/mol. The molecule has 0 radical (unpaired) electrons. The largest absolute Gasteiger partial charge is 0.365 e. The van der Waals surface area contributed by atoms with Gasteiger partial charge in [-0.25, -0.2) is 0 Å². The average molecular weight is 262 g/mol. The lowest BCUT2D eigenvalue weighted by Crippen LogP contribution is -2.54. The fourth-order valence-electron chi connectivity index (χ4n) is 2.99. The first kappa shape index (κ1) is 16.0. The van der Waals surface area contributed by atoms with E-state index in [0.29, 0.717) is 0 Å². The van der Waals surface area contributed by atoms with E-state index >= 15 is 0 Å². The molecule has 2 heteroatoms. The van der Waals surface area contributed by atoms with Gasteiger partial charge in [0.1, 0.15) is 0 Å². The molecule has 19 heavy (non-hydrogen) atoms. The van der Waals surface area contributed by atoms with Crippen LogP contribution in [0.1, 0.15) is 52.0 Å². The molecule has 0 spiro atoms. The van der Waals surface area contributed by atoms with Crippen molar-refractivity contribution in [1.82, 2.24) is 0 Å². The van der Waals surface area contributed by atoms with Gasteiger partial charge in [-0.3, -0.25) is 0 Å². The summed E-state index contributed by atoms with van der Waals surface area (Å²) in [6.45, 7) is 10.7. The number of hydrogen-bond acceptors (Lipinski definition) is 2. The van der Waals surface area contributed by atoms with E-state index in [-0.39, 0.29) is 5.54 Å². The maximum absolute atomic E-state index is 6.18. The molecule has 0 aliphatic heterocycles. The number of aryl methyl sites for hydroxylation is 1. The molecule has 108 valence electrons. The first-order chi connectivity index (χ1) is 9.15. The van der Waals surface area contributed by atoms with Crippen LogP contribution in [0.3, 0.4) is 0 Å². The third kappa shape index (κ3) is 3.50. The number of benzene rings is 1. The number of anilines is 1. The highest BCUT2D eigenvalue weighted by atomic mass is 15.2. The number of para-hydroxylation sites is 1. The SMILES string of the molecule is CCCCC(CC)(CN)N(CC)c1ccccc1C. The Balaban J connectivity index is 3.13. The van der Waals surface area contributed by atoms with Gasteiger partial charge in [-0.2, -0.15) is 0 Å². The zero-order chi connectivity index (χ0) is 14.3. The molecule has 0 saturated carbocycles. The minimum absolute atomic E-state index is 0.108. The van der Waals surface area contributed by atoms with Crippen LogP contribution >= 0.6 is 0 Å². The highest BCUT2D eigenvalue weighted by Gasteiger charge is 2.33. The molecular formula is C17H30N2. The van der Waals surface area contributed by atoms with Crippen LogP contribution in [-0.4, -0.2) is 18.6 Å². The smallest absolute Gasteiger partial charge is 0.0521 e. The molecule has 2 nitrogen and oxygen atoms in total. The van der Waals surface area contributed by atoms with Crippen molar-refractivity contribution in [2.24, 2.45) is 5.73 Å². The first-order valence-corrected chi connectivity index (χ1v) is 7.68. The molecule has 0 aliphatic rings. The number of nitrogens with two attached hydrogens (primary N) is 1. The fourth-order valence-corrected chi connectivity index (χ4v) is 2.99. The van der Waals surface area contributed by atoms with Crippen LogP contribution in [-0.2, 0) is 0 Å². The molecule has 0 amide bonds. The summed E-state index contributed by atoms with van der Waals surface area (Å²) in [7, 11) is 0. The Morgan fingerprint density at radius 1 is 1.16 bits per heavy atom. The van der Waals surface area contributed by atoms with Crippen LogP contribution in [0.15, 0.2) is 24.3 Å². The second kappa shape index (κ2) is 7.54. The van der Waals surface area contributed by atoms with Gasteiger partial charge in [0, 0.05) is 18.8 Å². The molecule has 1 aromatic carbocycles. The zero-order valence-corrected chi connectivity index (χ0v) is 13.1. The Labute approximate surface area is 119 Å². The topological polar surface area (TPSA) is 29.3 Å². The van der Waals surface area contributed by atoms with Crippen LogP contribution in [0, 0.1) is 6.92 Å². The highest BCUT2D eigenvalue weighted by Crippen LogP contribution is 2.32. The van der Waals surface area contributed by atoms with E-state index in [1.807, 2.05) is 0 Å². The van der Waals surface area contributed by atoms with Crippen molar-refractivity contribution < 1.29 is 0 Å². The Bertz CT molecular complexity index is 369. The molecule has 0 heterocycles. The molecule has 1 aromatic rings. The fraction of sp³-hybridized carbons (Fsp3) is 0.647. The first-order valence-electron chi connectivity index (χ1n) is 7.68. The van der Waals surface area contributed by atoms with Gasteiger partial charge >= 0.3 is 0 Å². The van der Waals surface area contributed by atoms with Gasteiger partial charge in [-0.05, 0) is 38.3 Å². The van der Waals surface area contributed by atoms with Crippen LogP contribution < -0.4 is 10.6 Å². The normalized spacial score (nSPS) is 14.2. The van der Waals surface area contributed by atoms with Crippen molar-refractivity contribution in [3.05, 3.63) is 29.8 Å². The van der Waals surface area contributed by atoms with Crippen molar-refractivity contribution in [3.63, 3.8) is 0 Å². The summed E-state index contributed by atoms with van der Waals surface area (Å²) in [4.78, 5) is 2.53. The number of nitrogens with zero attached hydrogens (tertiary/aromatic N) is 1. The van der Waals surface area contributed by atoms with Crippen molar-refractivity contribution in [3.8, 4) is 0 Å². The summed E-state index contributed by atoms with van der Waals surface area (Å²) in [5.74, 6) is 0. The molecular weight excluding hydrogens is 232 g/mol. The van der Waals surface area contributed by atoms with Gasteiger partial charge in [-0.15, -0.1) is 0 Å². The Kier molecular flexibility index (Phi) is 6.36. The molecule has 0 saturated heterocycles. The summed E-state index contributed by atoms with van der Waals surface area (Å²) in [6.07, 6.45) is 4.75. The molecule has 1 rings (SSSR count). The molecule has 0 fully saturated rings. The minimum Gasteiger partial charge on any atom is -0.365 e. The summed E-state index contributed by atoms with van der Waals surface area (Å²) in [5, 5.41) is 0. The number of hydrogen-bond donors (Lipinski definition) is 1. The lowest BCUT2D eigenvalue weighted by atomic mass is 9.86. The van der Waals surface area contributed by atoms with Gasteiger partial charge in [0.05, 0.1) is 5.54 Å². The molecule has 0 aliphatic carbocycles. The second-order valence-electron chi connectivity index (χ2n) is 5.42. The van der Waals surface area contributed by atoms with E-state index in [1.165, 1.54) is 30.5 Å². The van der Waals surface area contributed by atoms with Crippen molar-refractivity contribution in [2.75, 3.05) is 18.0 Å². The van der Waals surface area contributed by atoms with Gasteiger partial charge in [-0.1, -0.05) is 44.9 Å². The maximum atomic E-state index is 6.18. The predicted octanol–water partition coefficient (Wildman–Crippen LogP) is 4.12. The van der Waals surface area contributed by atoms with Crippen molar-refractivity contribution >= 4 is 5.69 Å². The average Bonchev–Trinajstić information content (AvgIpc) is 2.45. The van der Waals surface area contributed by atoms with E-state index in [2.05, 4.69) is 56.9 Å². The maximum Gasteiger partial charge on any atom is 0.0521 e. The quantitative estimate of drug-likeness (QED) is 0.763. The van der Waals surface area contributed by atoms with Crippen LogP contribution in [0.5, 0.6) is 0 Å².